The molecule has 4 nitrogen and oxygen atoms in total. The lowest BCUT2D eigenvalue weighted by atomic mass is 10.2. The van der Waals surface area contributed by atoms with Gasteiger partial charge in [-0.25, -0.2) is 0 Å². The molecule has 1 aliphatic heterocycles. The molecule has 1 aliphatic rings. The van der Waals surface area contributed by atoms with E-state index in [0.717, 1.165) is 6.54 Å². The molecule has 0 radical (unpaired) electrons. The van der Waals surface area contributed by atoms with Gasteiger partial charge in [0.25, 0.3) is 5.91 Å². The first kappa shape index (κ1) is 14.4. The van der Waals surface area contributed by atoms with Gasteiger partial charge in [0.1, 0.15) is 6.10 Å². The highest BCUT2D eigenvalue weighted by Crippen LogP contribution is 2.14. The van der Waals surface area contributed by atoms with Gasteiger partial charge in [0.15, 0.2) is 0 Å². The maximum Gasteiger partial charge on any atom is 0.250 e. The molecule has 2 rings (SSSR count). The van der Waals surface area contributed by atoms with Gasteiger partial charge >= 0.3 is 0 Å². The van der Waals surface area contributed by atoms with Gasteiger partial charge in [0.2, 0.25) is 0 Å². The highest BCUT2D eigenvalue weighted by atomic mass is 35.5. The minimum atomic E-state index is -0.339. The summed E-state index contributed by atoms with van der Waals surface area (Å²) in [6, 6.07) is 2.06. The Morgan fingerprint density at radius 3 is 3.12 bits per heavy atom. The third-order valence-corrected chi connectivity index (χ3v) is 3.63. The van der Waals surface area contributed by atoms with Gasteiger partial charge < -0.3 is 15.4 Å². The molecule has 6 heteroatoms. The number of carbonyl (C=O) groups is 1. The predicted molar refractivity (Wildman–Crippen MR) is 70.8 cm³/mol. The molecule has 1 fully saturated rings. The molecule has 0 bridgehead atoms. The number of morpholine rings is 1. The maximum absolute atomic E-state index is 11.7. The summed E-state index contributed by atoms with van der Waals surface area (Å²) in [5, 5.41) is 8.08. The van der Waals surface area contributed by atoms with Crippen molar-refractivity contribution in [3.05, 3.63) is 21.9 Å². The molecule has 0 spiro atoms. The lowest BCUT2D eigenvalue weighted by Crippen LogP contribution is -2.47. The summed E-state index contributed by atoms with van der Waals surface area (Å²) in [4.78, 5) is 12.9. The van der Waals surface area contributed by atoms with E-state index >= 15 is 0 Å². The van der Waals surface area contributed by atoms with E-state index in [0.29, 0.717) is 19.7 Å². The van der Waals surface area contributed by atoms with Gasteiger partial charge in [-0.3, -0.25) is 4.79 Å². The van der Waals surface area contributed by atoms with Crippen molar-refractivity contribution in [2.45, 2.75) is 19.6 Å². The second kappa shape index (κ2) is 6.96. The van der Waals surface area contributed by atoms with Crippen molar-refractivity contribution in [2.24, 2.45) is 0 Å². The maximum atomic E-state index is 11.7. The first-order valence-electron chi connectivity index (χ1n) is 5.40. The minimum absolute atomic E-state index is 0. The molecule has 0 saturated carbocycles. The highest BCUT2D eigenvalue weighted by molar-refractivity contribution is 7.10. The van der Waals surface area contributed by atoms with Crippen LogP contribution in [-0.2, 0) is 16.1 Å². The topological polar surface area (TPSA) is 50.4 Å². The first-order chi connectivity index (χ1) is 7.77. The van der Waals surface area contributed by atoms with Crippen LogP contribution in [0.5, 0.6) is 0 Å². The van der Waals surface area contributed by atoms with Gasteiger partial charge in [-0.2, -0.15) is 0 Å². The van der Waals surface area contributed by atoms with Crippen LogP contribution in [0.1, 0.15) is 10.4 Å². The highest BCUT2D eigenvalue weighted by Gasteiger charge is 2.21. The summed E-state index contributed by atoms with van der Waals surface area (Å²) in [6.45, 7) is 4.69. The summed E-state index contributed by atoms with van der Waals surface area (Å²) < 4.78 is 5.37. The Hall–Kier alpha value is -0.620. The van der Waals surface area contributed by atoms with Crippen LogP contribution in [0.4, 0.5) is 0 Å². The molecule has 2 heterocycles. The Morgan fingerprint density at radius 2 is 2.53 bits per heavy atom. The van der Waals surface area contributed by atoms with E-state index in [-0.39, 0.29) is 24.4 Å². The third-order valence-electron chi connectivity index (χ3n) is 2.61. The number of thiophene rings is 1. The number of amides is 1. The van der Waals surface area contributed by atoms with E-state index in [1.54, 1.807) is 11.3 Å². The summed E-state index contributed by atoms with van der Waals surface area (Å²) in [6.07, 6.45) is -0.339. The van der Waals surface area contributed by atoms with Crippen molar-refractivity contribution in [1.82, 2.24) is 10.6 Å². The van der Waals surface area contributed by atoms with E-state index in [1.165, 1.54) is 10.4 Å². The molecule has 1 aromatic rings. The number of nitrogens with one attached hydrogen (secondary N) is 2. The summed E-state index contributed by atoms with van der Waals surface area (Å²) in [5.74, 6) is -0.0278. The number of halogens is 1. The average Bonchev–Trinajstić information content (AvgIpc) is 2.73. The number of carbonyl (C=O) groups excluding carboxylic acids is 1. The smallest absolute Gasteiger partial charge is 0.250 e. The Kier molecular flexibility index (Phi) is 5.91. The van der Waals surface area contributed by atoms with Crippen LogP contribution in [0, 0.1) is 6.92 Å². The normalized spacial score (nSPS) is 19.5. The number of hydrogen-bond donors (Lipinski definition) is 2. The van der Waals surface area contributed by atoms with Gasteiger partial charge in [0, 0.05) is 18.0 Å². The fourth-order valence-electron chi connectivity index (χ4n) is 1.60. The lowest BCUT2D eigenvalue weighted by Gasteiger charge is -2.22. The molecule has 96 valence electrons. The number of hydrogen-bond acceptors (Lipinski definition) is 4. The van der Waals surface area contributed by atoms with E-state index in [1.807, 2.05) is 5.38 Å². The van der Waals surface area contributed by atoms with Crippen molar-refractivity contribution in [2.75, 3.05) is 19.7 Å². The quantitative estimate of drug-likeness (QED) is 0.869. The van der Waals surface area contributed by atoms with E-state index < -0.39 is 0 Å². The summed E-state index contributed by atoms with van der Waals surface area (Å²) >= 11 is 1.67. The average molecular weight is 277 g/mol. The molecule has 1 amide bonds. The molecule has 17 heavy (non-hydrogen) atoms. The third kappa shape index (κ3) is 3.96. The zero-order valence-electron chi connectivity index (χ0n) is 9.69. The number of aryl methyl sites for hydroxylation is 1. The van der Waals surface area contributed by atoms with Crippen LogP contribution in [0.25, 0.3) is 0 Å². The van der Waals surface area contributed by atoms with Crippen molar-refractivity contribution in [3.63, 3.8) is 0 Å². The van der Waals surface area contributed by atoms with E-state index in [2.05, 4.69) is 23.6 Å². The predicted octanol–water partition coefficient (Wildman–Crippen LogP) is 1.08. The van der Waals surface area contributed by atoms with E-state index in [9.17, 15) is 4.79 Å². The molecular formula is C11H17ClN2O2S. The Labute approximate surface area is 111 Å². The van der Waals surface area contributed by atoms with Crippen LogP contribution in [0.3, 0.4) is 0 Å². The second-order valence-electron chi connectivity index (χ2n) is 3.81. The Morgan fingerprint density at radius 1 is 1.71 bits per heavy atom. The van der Waals surface area contributed by atoms with Gasteiger partial charge in [0.05, 0.1) is 13.2 Å². The van der Waals surface area contributed by atoms with Gasteiger partial charge in [-0.05, 0) is 23.9 Å². The van der Waals surface area contributed by atoms with Crippen molar-refractivity contribution >= 4 is 29.7 Å². The van der Waals surface area contributed by atoms with Crippen LogP contribution >= 0.6 is 23.7 Å². The fraction of sp³-hybridized carbons (Fsp3) is 0.545. The molecular weight excluding hydrogens is 260 g/mol. The second-order valence-corrected chi connectivity index (χ2v) is 4.81. The molecule has 1 atom stereocenters. The molecule has 0 aromatic carbocycles. The lowest BCUT2D eigenvalue weighted by molar-refractivity contribution is -0.134. The van der Waals surface area contributed by atoms with Gasteiger partial charge in [-0.1, -0.05) is 0 Å². The molecule has 0 aliphatic carbocycles. The summed E-state index contributed by atoms with van der Waals surface area (Å²) in [7, 11) is 0. The Balaban J connectivity index is 0.00000144. The van der Waals surface area contributed by atoms with Crippen LogP contribution in [0.15, 0.2) is 11.4 Å². The molecule has 1 saturated heterocycles. The summed E-state index contributed by atoms with van der Waals surface area (Å²) in [5.41, 5.74) is 1.23. The van der Waals surface area contributed by atoms with Crippen molar-refractivity contribution in [3.8, 4) is 0 Å². The first-order valence-corrected chi connectivity index (χ1v) is 6.28. The SMILES string of the molecule is Cc1ccsc1CNC(=O)C1CNCCO1.Cl. The van der Waals surface area contributed by atoms with Crippen LogP contribution < -0.4 is 10.6 Å². The Bertz CT molecular complexity index is 364. The zero-order chi connectivity index (χ0) is 11.4. The largest absolute Gasteiger partial charge is 0.366 e. The molecule has 1 unspecified atom stereocenters. The molecule has 2 N–H and O–H groups in total. The van der Waals surface area contributed by atoms with Crippen LogP contribution in [-0.4, -0.2) is 31.7 Å². The standard InChI is InChI=1S/C11H16N2O2S.ClH/c1-8-2-5-16-10(8)7-13-11(14)9-6-12-3-4-15-9;/h2,5,9,12H,3-4,6-7H2,1H3,(H,13,14);1H. The van der Waals surface area contributed by atoms with E-state index in [4.69, 9.17) is 4.74 Å². The van der Waals surface area contributed by atoms with Crippen molar-refractivity contribution < 1.29 is 9.53 Å². The van der Waals surface area contributed by atoms with Gasteiger partial charge in [-0.15, -0.1) is 23.7 Å². The number of rotatable bonds is 3. The zero-order valence-corrected chi connectivity index (χ0v) is 11.3. The minimum Gasteiger partial charge on any atom is -0.366 e. The fourth-order valence-corrected chi connectivity index (χ4v) is 2.45. The monoisotopic (exact) mass is 276 g/mol. The van der Waals surface area contributed by atoms with Crippen molar-refractivity contribution in [1.29, 1.82) is 0 Å². The van der Waals surface area contributed by atoms with Crippen LogP contribution in [0.2, 0.25) is 0 Å². The number of ether oxygens (including phenoxy) is 1. The molecule has 1 aromatic heterocycles.